The minimum absolute atomic E-state index is 0.0167. The molecule has 2 aromatic carbocycles. The van der Waals surface area contributed by atoms with Crippen LogP contribution in [0, 0.1) is 0 Å². The molecule has 1 unspecified atom stereocenters. The van der Waals surface area contributed by atoms with Gasteiger partial charge in [-0.1, -0.05) is 110 Å². The summed E-state index contributed by atoms with van der Waals surface area (Å²) in [4.78, 5) is 44.0. The molecule has 2 aromatic rings. The SMILES string of the molecule is C=C(C)C(=O)OCCNC(=O)OCCN1C(=O)C(C2=C(/C=C/CC(C)(C)c3ccccc3NCCC)CC/C2=C/C=C2\N(CCC)c3ccccc3C2(C)C)=C(O)N(CCC)C1O. The fourth-order valence-electron chi connectivity index (χ4n) is 8.63. The number of anilines is 2. The number of benzene rings is 2. The number of esters is 1. The Hall–Kier alpha value is -5.75. The van der Waals surface area contributed by atoms with Gasteiger partial charge in [0.1, 0.15) is 18.8 Å². The predicted octanol–water partition coefficient (Wildman–Crippen LogP) is 9.29. The minimum atomic E-state index is -1.49. The summed E-state index contributed by atoms with van der Waals surface area (Å²) in [6, 6.07) is 16.9. The Morgan fingerprint density at radius 2 is 1.62 bits per heavy atom. The van der Waals surface area contributed by atoms with Crippen LogP contribution in [-0.4, -0.2) is 90.3 Å². The van der Waals surface area contributed by atoms with E-state index in [0.29, 0.717) is 24.8 Å². The molecule has 1 aliphatic carbocycles. The van der Waals surface area contributed by atoms with Crippen LogP contribution in [0.1, 0.15) is 105 Å². The molecule has 12 heteroatoms. The average molecular weight is 864 g/mol. The van der Waals surface area contributed by atoms with E-state index in [9.17, 15) is 24.6 Å². The average Bonchev–Trinajstić information content (AvgIpc) is 3.74. The number of carbonyl (C=O) groups is 3. The zero-order valence-electron chi connectivity index (χ0n) is 38.7. The van der Waals surface area contributed by atoms with Crippen molar-refractivity contribution in [1.29, 1.82) is 0 Å². The standard InChI is InChI=1S/C51H69N5O7/c1-10-28-52-40-21-15-13-19-38(40)50(6,7)27-17-18-36-23-24-37(25-26-42-51(8,9)39-20-14-16-22-41(39)54(42)30-11-2)43(36)44-45(57)55(31-12-3)49(61)56(46(44)58)32-34-63-48(60)53-29-33-62-47(59)35(4)5/h13-22,25-26,49,52,57,61H,4,10-12,23-24,27-34H2,1-3,5-9H3,(H,53,60)/b18-17+,37-25-,42-26-. The lowest BCUT2D eigenvalue weighted by Crippen LogP contribution is -2.56. The number of aliphatic hydroxyl groups excluding tert-OH is 2. The molecule has 0 fully saturated rings. The fourth-order valence-corrected chi connectivity index (χ4v) is 8.63. The van der Waals surface area contributed by atoms with Crippen molar-refractivity contribution in [3.8, 4) is 0 Å². The molecular formula is C51H69N5O7. The number of carbonyl (C=O) groups excluding carboxylic acids is 3. The first-order valence-electron chi connectivity index (χ1n) is 22.5. The van der Waals surface area contributed by atoms with Crippen molar-refractivity contribution < 1.29 is 34.1 Å². The molecular weight excluding hydrogens is 795 g/mol. The van der Waals surface area contributed by atoms with Gasteiger partial charge in [0.25, 0.3) is 5.91 Å². The van der Waals surface area contributed by atoms with E-state index in [2.05, 4.69) is 136 Å². The molecule has 3 aliphatic rings. The van der Waals surface area contributed by atoms with Crippen LogP contribution >= 0.6 is 0 Å². The van der Waals surface area contributed by atoms with Gasteiger partial charge in [0.15, 0.2) is 0 Å². The Bertz CT molecular complexity index is 2160. The molecule has 340 valence electrons. The number of hydrogen-bond donors (Lipinski definition) is 4. The lowest BCUT2D eigenvalue weighted by atomic mass is 9.80. The topological polar surface area (TPSA) is 144 Å². The summed E-state index contributed by atoms with van der Waals surface area (Å²) < 4.78 is 10.4. The highest BCUT2D eigenvalue weighted by atomic mass is 16.6. The van der Waals surface area contributed by atoms with Crippen LogP contribution in [0.2, 0.25) is 0 Å². The van der Waals surface area contributed by atoms with Crippen molar-refractivity contribution in [2.24, 2.45) is 0 Å². The van der Waals surface area contributed by atoms with Crippen LogP contribution in [0.15, 0.2) is 119 Å². The van der Waals surface area contributed by atoms with Crippen molar-refractivity contribution in [2.75, 3.05) is 56.2 Å². The first kappa shape index (κ1) is 48.3. The number of nitrogens with one attached hydrogen (secondary N) is 2. The third-order valence-corrected chi connectivity index (χ3v) is 11.9. The zero-order chi connectivity index (χ0) is 45.9. The van der Waals surface area contributed by atoms with Crippen LogP contribution in [-0.2, 0) is 29.9 Å². The van der Waals surface area contributed by atoms with E-state index in [1.165, 1.54) is 33.5 Å². The molecule has 12 nitrogen and oxygen atoms in total. The maximum atomic E-state index is 14.8. The van der Waals surface area contributed by atoms with Gasteiger partial charge in [-0.2, -0.15) is 0 Å². The number of fused-ring (bicyclic) bond motifs is 1. The number of rotatable bonds is 20. The second-order valence-corrected chi connectivity index (χ2v) is 17.6. The number of amides is 2. The number of hydrogen-bond acceptors (Lipinski definition) is 10. The van der Waals surface area contributed by atoms with Crippen molar-refractivity contribution in [1.82, 2.24) is 15.1 Å². The van der Waals surface area contributed by atoms with Crippen molar-refractivity contribution in [3.05, 3.63) is 130 Å². The number of ether oxygens (including phenoxy) is 2. The van der Waals surface area contributed by atoms with Gasteiger partial charge >= 0.3 is 12.1 Å². The first-order valence-corrected chi connectivity index (χ1v) is 22.5. The Labute approximate surface area is 374 Å². The van der Waals surface area contributed by atoms with Gasteiger partial charge in [-0.3, -0.25) is 14.6 Å². The Morgan fingerprint density at radius 3 is 2.33 bits per heavy atom. The Balaban J connectivity index is 1.52. The maximum absolute atomic E-state index is 14.8. The van der Waals surface area contributed by atoms with Crippen LogP contribution in [0.5, 0.6) is 0 Å². The first-order chi connectivity index (χ1) is 30.1. The highest BCUT2D eigenvalue weighted by molar-refractivity contribution is 6.01. The number of para-hydroxylation sites is 2. The fraction of sp³-hybridized carbons (Fsp3) is 0.471. The van der Waals surface area contributed by atoms with Crippen LogP contribution < -0.4 is 15.5 Å². The molecule has 0 saturated carbocycles. The van der Waals surface area contributed by atoms with Crippen LogP contribution in [0.4, 0.5) is 16.2 Å². The van der Waals surface area contributed by atoms with E-state index in [0.717, 1.165) is 54.9 Å². The normalized spacial score (nSPS) is 18.8. The molecule has 63 heavy (non-hydrogen) atoms. The van der Waals surface area contributed by atoms with E-state index in [-0.39, 0.29) is 60.7 Å². The molecule has 2 heterocycles. The lowest BCUT2D eigenvalue weighted by Gasteiger charge is -2.41. The predicted molar refractivity (Wildman–Crippen MR) is 251 cm³/mol. The van der Waals surface area contributed by atoms with Gasteiger partial charge in [0, 0.05) is 47.7 Å². The molecule has 5 rings (SSSR count). The van der Waals surface area contributed by atoms with Gasteiger partial charge < -0.3 is 35.2 Å². The van der Waals surface area contributed by atoms with E-state index in [4.69, 9.17) is 9.47 Å². The molecule has 2 aliphatic heterocycles. The third-order valence-electron chi connectivity index (χ3n) is 11.9. The summed E-state index contributed by atoms with van der Waals surface area (Å²) >= 11 is 0. The molecule has 1 atom stereocenters. The monoisotopic (exact) mass is 864 g/mol. The van der Waals surface area contributed by atoms with Gasteiger partial charge in [0.05, 0.1) is 13.1 Å². The summed E-state index contributed by atoms with van der Waals surface area (Å²) in [6.07, 6.45) is 10.8. The Kier molecular flexibility index (Phi) is 16.5. The van der Waals surface area contributed by atoms with Crippen molar-refractivity contribution in [3.63, 3.8) is 0 Å². The van der Waals surface area contributed by atoms with Gasteiger partial charge in [-0.15, -0.1) is 0 Å². The summed E-state index contributed by atoms with van der Waals surface area (Å²) in [5.74, 6) is -1.41. The number of nitrogens with zero attached hydrogens (tertiary/aromatic N) is 3. The Morgan fingerprint density at radius 1 is 0.905 bits per heavy atom. The van der Waals surface area contributed by atoms with Gasteiger partial charge in [-0.05, 0) is 96.9 Å². The van der Waals surface area contributed by atoms with E-state index < -0.39 is 24.3 Å². The highest BCUT2D eigenvalue weighted by Gasteiger charge is 2.43. The quantitative estimate of drug-likeness (QED) is 0.0578. The number of allylic oxidation sites excluding steroid dienone is 7. The lowest BCUT2D eigenvalue weighted by molar-refractivity contribution is -0.163. The summed E-state index contributed by atoms with van der Waals surface area (Å²) in [6.45, 7) is 21.9. The molecule has 0 radical (unpaired) electrons. The summed E-state index contributed by atoms with van der Waals surface area (Å²) in [5.41, 5.74) is 8.27. The zero-order valence-corrected chi connectivity index (χ0v) is 38.7. The highest BCUT2D eigenvalue weighted by Crippen LogP contribution is 2.48. The molecule has 0 aromatic heterocycles. The smallest absolute Gasteiger partial charge is 0.407 e. The molecule has 0 bridgehead atoms. The minimum Gasteiger partial charge on any atom is -0.494 e. The van der Waals surface area contributed by atoms with Crippen molar-refractivity contribution >= 4 is 29.3 Å². The molecule has 0 spiro atoms. The largest absolute Gasteiger partial charge is 0.494 e. The molecule has 0 saturated heterocycles. The number of aliphatic hydroxyl groups is 2. The molecule has 2 amide bonds. The van der Waals surface area contributed by atoms with E-state index >= 15 is 0 Å². The summed E-state index contributed by atoms with van der Waals surface area (Å²) in [5, 5.41) is 29.7. The second kappa shape index (κ2) is 21.6. The summed E-state index contributed by atoms with van der Waals surface area (Å²) in [7, 11) is 0. The molecule has 4 N–H and O–H groups in total. The van der Waals surface area contributed by atoms with E-state index in [1.54, 1.807) is 0 Å². The number of alkyl carbamates (subject to hydrolysis) is 1. The van der Waals surface area contributed by atoms with Crippen molar-refractivity contribution in [2.45, 2.75) is 111 Å². The second-order valence-electron chi connectivity index (χ2n) is 17.6. The van der Waals surface area contributed by atoms with E-state index in [1.807, 2.05) is 6.92 Å². The maximum Gasteiger partial charge on any atom is 0.407 e. The van der Waals surface area contributed by atoms with Crippen LogP contribution in [0.25, 0.3) is 0 Å². The van der Waals surface area contributed by atoms with Gasteiger partial charge in [0.2, 0.25) is 12.2 Å². The van der Waals surface area contributed by atoms with Crippen LogP contribution in [0.3, 0.4) is 0 Å². The van der Waals surface area contributed by atoms with Gasteiger partial charge in [-0.25, -0.2) is 9.59 Å². The third kappa shape index (κ3) is 11.1.